The molecule has 0 spiro atoms. The Morgan fingerprint density at radius 1 is 1.00 bits per heavy atom. The van der Waals surface area contributed by atoms with Crippen molar-refractivity contribution < 1.29 is 13.2 Å². The summed E-state index contributed by atoms with van der Waals surface area (Å²) in [6.07, 6.45) is 0. The normalized spacial score (nSPS) is 12.5. The number of sulfonamides is 1. The van der Waals surface area contributed by atoms with Gasteiger partial charge in [-0.1, -0.05) is 30.3 Å². The molecule has 0 saturated carbocycles. The minimum Gasteiger partial charge on any atom is -0.342 e. The number of aromatic amines is 1. The van der Waals surface area contributed by atoms with E-state index in [-0.39, 0.29) is 16.8 Å². The number of H-pyrrole nitrogens is 1. The van der Waals surface area contributed by atoms with Gasteiger partial charge in [0.05, 0.1) is 22.0 Å². The van der Waals surface area contributed by atoms with Crippen LogP contribution in [0.3, 0.4) is 0 Å². The number of carbonyl (C=O) groups excluding carboxylic acids is 1. The van der Waals surface area contributed by atoms with E-state index in [4.69, 9.17) is 0 Å². The summed E-state index contributed by atoms with van der Waals surface area (Å²) in [5.41, 5.74) is 3.88. The van der Waals surface area contributed by atoms with E-state index >= 15 is 0 Å². The number of aromatic nitrogens is 2. The van der Waals surface area contributed by atoms with Gasteiger partial charge < -0.3 is 10.3 Å². The first kappa shape index (κ1) is 21.6. The Bertz CT molecular complexity index is 1380. The molecule has 7 nitrogen and oxygen atoms in total. The van der Waals surface area contributed by atoms with Crippen molar-refractivity contribution in [2.45, 2.75) is 31.7 Å². The Hall–Kier alpha value is -3.65. The number of aryl methyl sites for hydroxylation is 2. The van der Waals surface area contributed by atoms with Crippen molar-refractivity contribution >= 4 is 32.7 Å². The molecule has 0 aliphatic rings. The van der Waals surface area contributed by atoms with Gasteiger partial charge in [-0.05, 0) is 68.3 Å². The van der Waals surface area contributed by atoms with Crippen LogP contribution < -0.4 is 10.0 Å². The highest BCUT2D eigenvalue weighted by molar-refractivity contribution is 7.92. The molecule has 0 fully saturated rings. The first-order valence-corrected chi connectivity index (χ1v) is 11.7. The lowest BCUT2D eigenvalue weighted by molar-refractivity contribution is 0.0938. The van der Waals surface area contributed by atoms with Gasteiger partial charge in [0.2, 0.25) is 0 Å². The number of imidazole rings is 1. The van der Waals surface area contributed by atoms with Gasteiger partial charge in [-0.3, -0.25) is 9.52 Å². The van der Waals surface area contributed by atoms with Gasteiger partial charge >= 0.3 is 0 Å². The molecule has 0 radical (unpaired) electrons. The van der Waals surface area contributed by atoms with E-state index in [2.05, 4.69) is 20.0 Å². The molecule has 1 unspecified atom stereocenters. The molecule has 3 N–H and O–H groups in total. The predicted octanol–water partition coefficient (Wildman–Crippen LogP) is 4.47. The van der Waals surface area contributed by atoms with Crippen molar-refractivity contribution in [1.29, 1.82) is 0 Å². The molecule has 32 heavy (non-hydrogen) atoms. The van der Waals surface area contributed by atoms with Crippen molar-refractivity contribution in [2.24, 2.45) is 0 Å². The third-order valence-corrected chi connectivity index (χ3v) is 6.70. The fourth-order valence-corrected chi connectivity index (χ4v) is 4.84. The SMILES string of the molecule is Cc1ccc(C)c(S(=O)(=O)Nc2cccc(C(=O)NC(C)c3nc4ccccc4[nH]3)c2)c1. The number of carbonyl (C=O) groups is 1. The molecular weight excluding hydrogens is 424 g/mol. The van der Waals surface area contributed by atoms with Crippen LogP contribution in [0.5, 0.6) is 0 Å². The Kier molecular flexibility index (Phi) is 5.71. The fourth-order valence-electron chi connectivity index (χ4n) is 3.46. The summed E-state index contributed by atoms with van der Waals surface area (Å²) in [5.74, 6) is 0.317. The lowest BCUT2D eigenvalue weighted by Gasteiger charge is -2.14. The molecule has 0 aliphatic heterocycles. The van der Waals surface area contributed by atoms with E-state index in [1.54, 1.807) is 37.3 Å². The Morgan fingerprint density at radius 2 is 1.78 bits per heavy atom. The second kappa shape index (κ2) is 8.47. The number of hydrogen-bond acceptors (Lipinski definition) is 4. The zero-order valence-corrected chi connectivity index (χ0v) is 18.8. The summed E-state index contributed by atoms with van der Waals surface area (Å²) in [4.78, 5) is 20.7. The molecule has 4 aromatic rings. The minimum absolute atomic E-state index is 0.214. The second-order valence-electron chi connectivity index (χ2n) is 7.79. The number of nitrogens with zero attached hydrogens (tertiary/aromatic N) is 1. The number of nitrogens with one attached hydrogen (secondary N) is 3. The molecule has 1 heterocycles. The van der Waals surface area contributed by atoms with E-state index in [1.165, 1.54) is 6.07 Å². The third-order valence-electron chi connectivity index (χ3n) is 5.18. The zero-order valence-electron chi connectivity index (χ0n) is 18.0. The summed E-state index contributed by atoms with van der Waals surface area (Å²) < 4.78 is 28.3. The minimum atomic E-state index is -3.79. The molecule has 1 aromatic heterocycles. The van der Waals surface area contributed by atoms with Crippen LogP contribution in [0.1, 0.15) is 40.3 Å². The maximum atomic E-state index is 12.9. The number of anilines is 1. The first-order valence-electron chi connectivity index (χ1n) is 10.2. The van der Waals surface area contributed by atoms with Gasteiger partial charge in [-0.25, -0.2) is 13.4 Å². The molecule has 0 saturated heterocycles. The number of rotatable bonds is 6. The smallest absolute Gasteiger partial charge is 0.262 e. The molecule has 4 rings (SSSR count). The van der Waals surface area contributed by atoms with Gasteiger partial charge in [-0.15, -0.1) is 0 Å². The van der Waals surface area contributed by atoms with Crippen molar-refractivity contribution in [2.75, 3.05) is 4.72 Å². The maximum absolute atomic E-state index is 12.9. The van der Waals surface area contributed by atoms with Crippen LogP contribution in [-0.2, 0) is 10.0 Å². The average Bonchev–Trinajstić information content (AvgIpc) is 3.20. The summed E-state index contributed by atoms with van der Waals surface area (Å²) >= 11 is 0. The van der Waals surface area contributed by atoms with Crippen LogP contribution in [-0.4, -0.2) is 24.3 Å². The summed E-state index contributed by atoms with van der Waals surface area (Å²) in [6.45, 7) is 5.42. The molecule has 0 aliphatic carbocycles. The standard InChI is InChI=1S/C24H24N4O3S/c1-15-11-12-16(2)22(13-15)32(30,31)28-19-8-6-7-18(14-19)24(29)25-17(3)23-26-20-9-4-5-10-21(20)27-23/h4-14,17,28H,1-3H3,(H,25,29)(H,26,27). The van der Waals surface area contributed by atoms with Crippen molar-refractivity contribution in [3.8, 4) is 0 Å². The third kappa shape index (κ3) is 4.50. The highest BCUT2D eigenvalue weighted by Gasteiger charge is 2.19. The summed E-state index contributed by atoms with van der Waals surface area (Å²) in [5, 5.41) is 2.90. The quantitative estimate of drug-likeness (QED) is 0.405. The van der Waals surface area contributed by atoms with Crippen LogP contribution >= 0.6 is 0 Å². The van der Waals surface area contributed by atoms with E-state index in [0.29, 0.717) is 22.6 Å². The van der Waals surface area contributed by atoms with Crippen LogP contribution in [0.4, 0.5) is 5.69 Å². The molecule has 3 aromatic carbocycles. The number of benzene rings is 3. The van der Waals surface area contributed by atoms with Crippen molar-refractivity contribution in [3.63, 3.8) is 0 Å². The molecular formula is C24H24N4O3S. The van der Waals surface area contributed by atoms with Gasteiger partial charge in [0, 0.05) is 11.3 Å². The van der Waals surface area contributed by atoms with Gasteiger partial charge in [0.15, 0.2) is 0 Å². The number of fused-ring (bicyclic) bond motifs is 1. The van der Waals surface area contributed by atoms with Gasteiger partial charge in [0.1, 0.15) is 5.82 Å². The summed E-state index contributed by atoms with van der Waals surface area (Å²) in [6, 6.07) is 19.0. The van der Waals surface area contributed by atoms with Gasteiger partial charge in [0.25, 0.3) is 15.9 Å². The van der Waals surface area contributed by atoms with Gasteiger partial charge in [-0.2, -0.15) is 0 Å². The fraction of sp³-hybridized carbons (Fsp3) is 0.167. The zero-order chi connectivity index (χ0) is 22.9. The Morgan fingerprint density at radius 3 is 2.56 bits per heavy atom. The van der Waals surface area contributed by atoms with Crippen LogP contribution in [0.15, 0.2) is 71.6 Å². The predicted molar refractivity (Wildman–Crippen MR) is 125 cm³/mol. The monoisotopic (exact) mass is 448 g/mol. The maximum Gasteiger partial charge on any atom is 0.262 e. The number of para-hydroxylation sites is 2. The molecule has 1 atom stereocenters. The topological polar surface area (TPSA) is 104 Å². The van der Waals surface area contributed by atoms with Crippen molar-refractivity contribution in [3.05, 3.63) is 89.2 Å². The molecule has 164 valence electrons. The van der Waals surface area contributed by atoms with E-state index in [0.717, 1.165) is 16.6 Å². The average molecular weight is 449 g/mol. The van der Waals surface area contributed by atoms with Crippen molar-refractivity contribution in [1.82, 2.24) is 15.3 Å². The lowest BCUT2D eigenvalue weighted by atomic mass is 10.2. The van der Waals surface area contributed by atoms with E-state index in [1.807, 2.05) is 44.2 Å². The largest absolute Gasteiger partial charge is 0.342 e. The molecule has 1 amide bonds. The highest BCUT2D eigenvalue weighted by Crippen LogP contribution is 2.22. The van der Waals surface area contributed by atoms with E-state index < -0.39 is 10.0 Å². The summed E-state index contributed by atoms with van der Waals surface area (Å²) in [7, 11) is -3.79. The number of amides is 1. The lowest BCUT2D eigenvalue weighted by Crippen LogP contribution is -2.27. The van der Waals surface area contributed by atoms with Crippen LogP contribution in [0.25, 0.3) is 11.0 Å². The van der Waals surface area contributed by atoms with Crippen LogP contribution in [0.2, 0.25) is 0 Å². The van der Waals surface area contributed by atoms with E-state index in [9.17, 15) is 13.2 Å². The molecule has 8 heteroatoms. The number of hydrogen-bond donors (Lipinski definition) is 3. The first-order chi connectivity index (χ1) is 15.2. The molecule has 0 bridgehead atoms. The van der Waals surface area contributed by atoms with Crippen LogP contribution in [0, 0.1) is 13.8 Å². The highest BCUT2D eigenvalue weighted by atomic mass is 32.2. The Balaban J connectivity index is 1.52. The Labute approximate surface area is 187 Å². The second-order valence-corrected chi connectivity index (χ2v) is 9.44.